The molecule has 0 radical (unpaired) electrons. The van der Waals surface area contributed by atoms with Crippen LogP contribution in [0.5, 0.6) is 0 Å². The maximum absolute atomic E-state index is 14.2. The lowest BCUT2D eigenvalue weighted by molar-refractivity contribution is 0.252. The first-order valence-electron chi connectivity index (χ1n) is 8.23. The Morgan fingerprint density at radius 2 is 2.14 bits per heavy atom. The summed E-state index contributed by atoms with van der Waals surface area (Å²) < 4.78 is 37.2. The van der Waals surface area contributed by atoms with Crippen LogP contribution < -0.4 is 10.6 Å². The minimum atomic E-state index is -3.64. The number of imidazole rings is 1. The number of amides is 2. The average molecular weight is 423 g/mol. The van der Waals surface area contributed by atoms with Crippen LogP contribution in [0.1, 0.15) is 11.4 Å². The molecule has 3 rings (SSSR count). The summed E-state index contributed by atoms with van der Waals surface area (Å²) >= 11 is 1.18. The zero-order valence-corrected chi connectivity index (χ0v) is 16.7. The van der Waals surface area contributed by atoms with Crippen molar-refractivity contribution in [3.8, 4) is 10.4 Å². The van der Waals surface area contributed by atoms with Crippen molar-refractivity contribution in [2.45, 2.75) is 18.2 Å². The molecule has 0 unspecified atom stereocenters. The van der Waals surface area contributed by atoms with Crippen molar-refractivity contribution in [3.63, 3.8) is 0 Å². The van der Waals surface area contributed by atoms with Crippen LogP contribution in [0.4, 0.5) is 14.3 Å². The SMILES string of the molecule is Cc1nc(NC(=O)NCCc2cnc[nH]2)sc1-c1ccc(S(C)(=O)=O)c(F)c1. The van der Waals surface area contributed by atoms with E-state index in [2.05, 4.69) is 25.6 Å². The monoisotopic (exact) mass is 423 g/mol. The first-order valence-corrected chi connectivity index (χ1v) is 10.9. The largest absolute Gasteiger partial charge is 0.348 e. The van der Waals surface area contributed by atoms with Crippen molar-refractivity contribution in [1.29, 1.82) is 0 Å². The number of anilines is 1. The number of aromatic nitrogens is 3. The number of sulfone groups is 1. The lowest BCUT2D eigenvalue weighted by Crippen LogP contribution is -2.30. The number of carbonyl (C=O) groups is 1. The second kappa shape index (κ2) is 8.07. The maximum atomic E-state index is 14.2. The summed E-state index contributed by atoms with van der Waals surface area (Å²) in [6, 6.07) is 3.51. The Morgan fingerprint density at radius 1 is 1.36 bits per heavy atom. The highest BCUT2D eigenvalue weighted by atomic mass is 32.2. The fraction of sp³-hybridized carbons (Fsp3) is 0.235. The third kappa shape index (κ3) is 4.73. The van der Waals surface area contributed by atoms with Crippen molar-refractivity contribution in [2.24, 2.45) is 0 Å². The molecule has 148 valence electrons. The van der Waals surface area contributed by atoms with Crippen molar-refractivity contribution < 1.29 is 17.6 Å². The molecule has 0 fully saturated rings. The number of H-pyrrole nitrogens is 1. The van der Waals surface area contributed by atoms with E-state index in [0.717, 1.165) is 18.0 Å². The number of benzene rings is 1. The molecule has 2 amide bonds. The van der Waals surface area contributed by atoms with E-state index < -0.39 is 21.7 Å². The molecule has 0 bridgehead atoms. The standard InChI is InChI=1S/C17H18FN5O3S2/c1-10-15(11-3-4-14(13(18)7-11)28(2,25)26)27-17(22-10)23-16(24)20-6-5-12-8-19-9-21-12/h3-4,7-9H,5-6H2,1-2H3,(H,19,21)(H2,20,22,23,24). The van der Waals surface area contributed by atoms with Gasteiger partial charge in [0, 0.05) is 31.1 Å². The second-order valence-electron chi connectivity index (χ2n) is 6.06. The van der Waals surface area contributed by atoms with Crippen LogP contribution in [0.2, 0.25) is 0 Å². The number of hydrogen-bond acceptors (Lipinski definition) is 6. The quantitative estimate of drug-likeness (QED) is 0.564. The molecule has 0 aliphatic heterocycles. The molecule has 2 heterocycles. The van der Waals surface area contributed by atoms with E-state index in [-0.39, 0.29) is 4.90 Å². The van der Waals surface area contributed by atoms with Gasteiger partial charge in [0.2, 0.25) is 0 Å². The van der Waals surface area contributed by atoms with Gasteiger partial charge >= 0.3 is 6.03 Å². The van der Waals surface area contributed by atoms with E-state index in [1.54, 1.807) is 19.4 Å². The van der Waals surface area contributed by atoms with Crippen LogP contribution >= 0.6 is 11.3 Å². The van der Waals surface area contributed by atoms with Crippen LogP contribution in [0.3, 0.4) is 0 Å². The number of carbonyl (C=O) groups excluding carboxylic acids is 1. The van der Waals surface area contributed by atoms with Gasteiger partial charge in [0.15, 0.2) is 15.0 Å². The first kappa shape index (κ1) is 20.0. The van der Waals surface area contributed by atoms with E-state index in [1.807, 2.05) is 0 Å². The predicted octanol–water partition coefficient (Wildman–Crippen LogP) is 2.75. The molecule has 8 nitrogen and oxygen atoms in total. The molecule has 0 aliphatic carbocycles. The Balaban J connectivity index is 1.67. The molecule has 3 aromatic rings. The molecule has 0 spiro atoms. The number of aromatic amines is 1. The van der Waals surface area contributed by atoms with E-state index in [0.29, 0.717) is 34.2 Å². The summed E-state index contributed by atoms with van der Waals surface area (Å²) in [7, 11) is -3.64. The van der Waals surface area contributed by atoms with Crippen LogP contribution in [0.25, 0.3) is 10.4 Å². The molecule has 11 heteroatoms. The van der Waals surface area contributed by atoms with Gasteiger partial charge in [0.1, 0.15) is 10.7 Å². The summed E-state index contributed by atoms with van der Waals surface area (Å²) in [5, 5.41) is 5.72. The summed E-state index contributed by atoms with van der Waals surface area (Å²) in [6.07, 6.45) is 4.82. The number of aryl methyl sites for hydroxylation is 1. The highest BCUT2D eigenvalue weighted by Gasteiger charge is 2.17. The fourth-order valence-corrected chi connectivity index (χ4v) is 4.22. The average Bonchev–Trinajstić information content (AvgIpc) is 3.23. The third-order valence-corrected chi connectivity index (χ3v) is 6.10. The van der Waals surface area contributed by atoms with Gasteiger partial charge in [0.25, 0.3) is 0 Å². The fourth-order valence-electron chi connectivity index (χ4n) is 2.53. The Morgan fingerprint density at radius 3 is 2.79 bits per heavy atom. The Hall–Kier alpha value is -2.79. The zero-order chi connectivity index (χ0) is 20.3. The summed E-state index contributed by atoms with van der Waals surface area (Å²) in [5.74, 6) is -0.821. The van der Waals surface area contributed by atoms with E-state index in [4.69, 9.17) is 0 Å². The highest BCUT2D eigenvalue weighted by Crippen LogP contribution is 2.34. The van der Waals surface area contributed by atoms with Crippen molar-refractivity contribution >= 4 is 32.3 Å². The molecule has 0 aliphatic rings. The van der Waals surface area contributed by atoms with Crippen LogP contribution in [0, 0.1) is 12.7 Å². The smallest absolute Gasteiger partial charge is 0.321 e. The van der Waals surface area contributed by atoms with Crippen LogP contribution in [0.15, 0.2) is 35.6 Å². The molecule has 3 N–H and O–H groups in total. The van der Waals surface area contributed by atoms with Crippen molar-refractivity contribution in [1.82, 2.24) is 20.3 Å². The Kier molecular flexibility index (Phi) is 5.75. The van der Waals surface area contributed by atoms with Gasteiger partial charge in [0.05, 0.1) is 16.9 Å². The van der Waals surface area contributed by atoms with Gasteiger partial charge in [-0.1, -0.05) is 17.4 Å². The number of rotatable bonds is 6. The van der Waals surface area contributed by atoms with Gasteiger partial charge in [-0.25, -0.2) is 27.6 Å². The van der Waals surface area contributed by atoms with Crippen molar-refractivity contribution in [3.05, 3.63) is 47.9 Å². The van der Waals surface area contributed by atoms with E-state index in [9.17, 15) is 17.6 Å². The molecule has 28 heavy (non-hydrogen) atoms. The molecule has 2 aromatic heterocycles. The minimum absolute atomic E-state index is 0.353. The Bertz CT molecular complexity index is 1090. The molecule has 1 aromatic carbocycles. The minimum Gasteiger partial charge on any atom is -0.348 e. The lowest BCUT2D eigenvalue weighted by atomic mass is 10.1. The Labute approximate surface area is 165 Å². The number of urea groups is 1. The molecule has 0 atom stereocenters. The van der Waals surface area contributed by atoms with Gasteiger partial charge in [-0.15, -0.1) is 0 Å². The summed E-state index contributed by atoms with van der Waals surface area (Å²) in [5.41, 5.74) is 2.00. The normalized spacial score (nSPS) is 11.4. The highest BCUT2D eigenvalue weighted by molar-refractivity contribution is 7.90. The topological polar surface area (TPSA) is 117 Å². The van der Waals surface area contributed by atoms with Gasteiger partial charge in [-0.3, -0.25) is 5.32 Å². The summed E-state index contributed by atoms with van der Waals surface area (Å²) in [6.45, 7) is 2.15. The lowest BCUT2D eigenvalue weighted by Gasteiger charge is -2.04. The number of halogens is 1. The first-order chi connectivity index (χ1) is 13.2. The van der Waals surface area contributed by atoms with Crippen LogP contribution in [-0.2, 0) is 16.3 Å². The number of hydrogen-bond donors (Lipinski definition) is 3. The third-order valence-electron chi connectivity index (χ3n) is 3.85. The summed E-state index contributed by atoms with van der Waals surface area (Å²) in [4.78, 5) is 23.4. The van der Waals surface area contributed by atoms with E-state index in [1.165, 1.54) is 23.5 Å². The van der Waals surface area contributed by atoms with Gasteiger partial charge in [-0.2, -0.15) is 0 Å². The maximum Gasteiger partial charge on any atom is 0.321 e. The molecular formula is C17H18FN5O3S2. The number of nitrogens with zero attached hydrogens (tertiary/aromatic N) is 2. The molecular weight excluding hydrogens is 405 g/mol. The van der Waals surface area contributed by atoms with Gasteiger partial charge in [-0.05, 0) is 24.6 Å². The zero-order valence-electron chi connectivity index (χ0n) is 15.1. The number of nitrogens with one attached hydrogen (secondary N) is 3. The van der Waals surface area contributed by atoms with Crippen molar-refractivity contribution in [2.75, 3.05) is 18.1 Å². The molecule has 0 saturated carbocycles. The van der Waals surface area contributed by atoms with Crippen LogP contribution in [-0.4, -0.2) is 42.2 Å². The second-order valence-corrected chi connectivity index (χ2v) is 9.04. The number of thiazole rings is 1. The van der Waals surface area contributed by atoms with Gasteiger partial charge < -0.3 is 10.3 Å². The molecule has 0 saturated heterocycles. The van der Waals surface area contributed by atoms with E-state index >= 15 is 0 Å². The predicted molar refractivity (Wildman–Crippen MR) is 105 cm³/mol.